The van der Waals surface area contributed by atoms with E-state index in [1.54, 1.807) is 0 Å². The summed E-state index contributed by atoms with van der Waals surface area (Å²) in [5.74, 6) is 0.704. The fraction of sp³-hybridized carbons (Fsp3) is 0.0492. The molecule has 1 aliphatic carbocycles. The Morgan fingerprint density at radius 1 is 0.344 bits per heavy atom. The molecule has 0 atom stereocenters. The van der Waals surface area contributed by atoms with Crippen molar-refractivity contribution in [2.24, 2.45) is 0 Å². The first-order chi connectivity index (χ1) is 31.5. The number of benzene rings is 10. The fourth-order valence-corrected chi connectivity index (χ4v) is 10.5. The van der Waals surface area contributed by atoms with Crippen molar-refractivity contribution in [1.29, 1.82) is 0 Å². The van der Waals surface area contributed by atoms with Gasteiger partial charge in [-0.15, -0.1) is 0 Å². The topological polar surface area (TPSA) is 38.9 Å². The number of rotatable bonds is 5. The van der Waals surface area contributed by atoms with Gasteiger partial charge in [-0.1, -0.05) is 178 Å². The molecule has 2 heterocycles. The van der Waals surface area contributed by atoms with Gasteiger partial charge in [-0.3, -0.25) is 0 Å². The summed E-state index contributed by atoms with van der Waals surface area (Å²) in [6.45, 7) is 4.70. The number of hydrogen-bond donors (Lipinski definition) is 0. The SMILES string of the molecule is CC1(C)c2cc3ccccc3cc2-c2c(-c3cc(-c4ccc(-c5ccccc5-c5ccc6oc7cc8ccccc8cc7c6c5)c5ccccc45)nc(-c4ccccc4)n3)cccc21. The summed E-state index contributed by atoms with van der Waals surface area (Å²) < 4.78 is 6.40. The Morgan fingerprint density at radius 3 is 1.72 bits per heavy atom. The van der Waals surface area contributed by atoms with Crippen molar-refractivity contribution >= 4 is 54.3 Å². The minimum Gasteiger partial charge on any atom is -0.456 e. The summed E-state index contributed by atoms with van der Waals surface area (Å²) in [6, 6.07) is 74.3. The predicted octanol–water partition coefficient (Wildman–Crippen LogP) is 16.5. The molecule has 12 aromatic rings. The first-order valence-corrected chi connectivity index (χ1v) is 22.1. The molecule has 300 valence electrons. The molecule has 0 fully saturated rings. The van der Waals surface area contributed by atoms with Crippen LogP contribution in [-0.2, 0) is 5.41 Å². The van der Waals surface area contributed by atoms with E-state index in [-0.39, 0.29) is 5.41 Å². The number of hydrogen-bond acceptors (Lipinski definition) is 3. The molecule has 0 saturated carbocycles. The molecule has 3 nitrogen and oxygen atoms in total. The second-order valence-corrected chi connectivity index (χ2v) is 17.7. The van der Waals surface area contributed by atoms with E-state index >= 15 is 0 Å². The Labute approximate surface area is 371 Å². The Kier molecular flexibility index (Phi) is 7.95. The van der Waals surface area contributed by atoms with Crippen LogP contribution in [0, 0.1) is 0 Å². The quantitative estimate of drug-likeness (QED) is 0.174. The van der Waals surface area contributed by atoms with E-state index in [2.05, 4.69) is 214 Å². The molecule has 0 radical (unpaired) electrons. The van der Waals surface area contributed by atoms with E-state index in [0.29, 0.717) is 5.82 Å². The minimum absolute atomic E-state index is 0.169. The van der Waals surface area contributed by atoms with E-state index in [1.165, 1.54) is 65.9 Å². The van der Waals surface area contributed by atoms with Crippen LogP contribution in [0.5, 0.6) is 0 Å². The molecule has 1 aliphatic rings. The van der Waals surface area contributed by atoms with Gasteiger partial charge in [0.15, 0.2) is 5.82 Å². The Balaban J connectivity index is 0.983. The average Bonchev–Trinajstić information content (AvgIpc) is 3.81. The smallest absolute Gasteiger partial charge is 0.160 e. The van der Waals surface area contributed by atoms with Crippen molar-refractivity contribution in [2.75, 3.05) is 0 Å². The summed E-state index contributed by atoms with van der Waals surface area (Å²) in [7, 11) is 0. The monoisotopic (exact) mass is 816 g/mol. The van der Waals surface area contributed by atoms with Crippen molar-refractivity contribution in [3.8, 4) is 67.3 Å². The third-order valence-corrected chi connectivity index (χ3v) is 13.7. The van der Waals surface area contributed by atoms with Gasteiger partial charge in [-0.25, -0.2) is 9.97 Å². The van der Waals surface area contributed by atoms with E-state index in [1.807, 2.05) is 6.07 Å². The third-order valence-electron chi connectivity index (χ3n) is 13.7. The molecule has 3 heteroatoms. The molecule has 0 N–H and O–H groups in total. The lowest BCUT2D eigenvalue weighted by Gasteiger charge is -2.22. The van der Waals surface area contributed by atoms with Crippen molar-refractivity contribution < 1.29 is 4.42 Å². The Hall–Kier alpha value is -8.14. The largest absolute Gasteiger partial charge is 0.456 e. The van der Waals surface area contributed by atoms with Crippen LogP contribution in [0.25, 0.3) is 122 Å². The van der Waals surface area contributed by atoms with Crippen LogP contribution in [0.1, 0.15) is 25.0 Å². The van der Waals surface area contributed by atoms with E-state index in [0.717, 1.165) is 61.0 Å². The second-order valence-electron chi connectivity index (χ2n) is 17.7. The molecule has 64 heavy (non-hydrogen) atoms. The molecule has 0 bridgehead atoms. The molecule has 13 rings (SSSR count). The molecule has 0 aliphatic heterocycles. The number of aromatic nitrogens is 2. The van der Waals surface area contributed by atoms with Gasteiger partial charge < -0.3 is 4.42 Å². The fourth-order valence-electron chi connectivity index (χ4n) is 10.5. The van der Waals surface area contributed by atoms with Gasteiger partial charge >= 0.3 is 0 Å². The lowest BCUT2D eigenvalue weighted by Crippen LogP contribution is -2.14. The Bertz CT molecular complexity index is 3880. The van der Waals surface area contributed by atoms with Crippen LogP contribution < -0.4 is 0 Å². The van der Waals surface area contributed by atoms with Crippen LogP contribution >= 0.6 is 0 Å². The maximum absolute atomic E-state index is 6.40. The summed E-state index contributed by atoms with van der Waals surface area (Å²) in [6.07, 6.45) is 0. The average molecular weight is 817 g/mol. The number of fused-ring (bicyclic) bond motifs is 9. The van der Waals surface area contributed by atoms with Crippen LogP contribution in [0.15, 0.2) is 211 Å². The second kappa shape index (κ2) is 13.9. The van der Waals surface area contributed by atoms with Gasteiger partial charge in [-0.2, -0.15) is 0 Å². The molecule has 0 saturated heterocycles. The highest BCUT2D eigenvalue weighted by molar-refractivity contribution is 6.12. The third kappa shape index (κ3) is 5.60. The lowest BCUT2D eigenvalue weighted by molar-refractivity contribution is 0.661. The molecule has 2 aromatic heterocycles. The van der Waals surface area contributed by atoms with Crippen molar-refractivity contribution in [2.45, 2.75) is 19.3 Å². The minimum atomic E-state index is -0.169. The van der Waals surface area contributed by atoms with Crippen LogP contribution in [0.3, 0.4) is 0 Å². The summed E-state index contributed by atoms with van der Waals surface area (Å²) in [5.41, 5.74) is 16.4. The van der Waals surface area contributed by atoms with Crippen LogP contribution in [0.4, 0.5) is 0 Å². The summed E-state index contributed by atoms with van der Waals surface area (Å²) in [4.78, 5) is 10.8. The number of nitrogens with zero attached hydrogens (tertiary/aromatic N) is 2. The maximum Gasteiger partial charge on any atom is 0.160 e. The highest BCUT2D eigenvalue weighted by atomic mass is 16.3. The molecular formula is C61H40N2O. The normalized spacial score (nSPS) is 13.0. The van der Waals surface area contributed by atoms with Gasteiger partial charge in [0.25, 0.3) is 0 Å². The number of furan rings is 1. The lowest BCUT2D eigenvalue weighted by atomic mass is 9.81. The first-order valence-electron chi connectivity index (χ1n) is 22.1. The zero-order valence-corrected chi connectivity index (χ0v) is 35.4. The molecule has 0 amide bonds. The van der Waals surface area contributed by atoms with Gasteiger partial charge in [0.1, 0.15) is 11.2 Å². The first kappa shape index (κ1) is 36.5. The summed E-state index contributed by atoms with van der Waals surface area (Å²) >= 11 is 0. The molecular weight excluding hydrogens is 777 g/mol. The predicted molar refractivity (Wildman–Crippen MR) is 267 cm³/mol. The van der Waals surface area contributed by atoms with Crippen molar-refractivity contribution in [3.05, 3.63) is 217 Å². The molecule has 0 unspecified atom stereocenters. The van der Waals surface area contributed by atoms with E-state index in [9.17, 15) is 0 Å². The summed E-state index contributed by atoms with van der Waals surface area (Å²) in [5, 5.41) is 9.44. The van der Waals surface area contributed by atoms with E-state index in [4.69, 9.17) is 14.4 Å². The zero-order chi connectivity index (χ0) is 42.5. The standard InChI is InChI=1S/C61H40N2O/c1-61(2)53-26-14-25-49(59(53)52-32-39-18-6-8-19-40(39)34-54(52)61)56-36-55(62-60(63-56)37-15-4-3-5-16-37)48-29-28-47(45-23-12-13-24-46(45)48)44-22-11-10-21-43(44)42-27-30-57-50(33-42)51-31-38-17-7-9-20-41(38)35-58(51)64-57/h3-36H,1-2H3. The van der Waals surface area contributed by atoms with Gasteiger partial charge in [0.05, 0.1) is 11.4 Å². The van der Waals surface area contributed by atoms with Gasteiger partial charge in [0.2, 0.25) is 0 Å². The van der Waals surface area contributed by atoms with Crippen molar-refractivity contribution in [3.63, 3.8) is 0 Å². The highest BCUT2D eigenvalue weighted by Crippen LogP contribution is 2.53. The van der Waals surface area contributed by atoms with Crippen LogP contribution in [-0.4, -0.2) is 9.97 Å². The highest BCUT2D eigenvalue weighted by Gasteiger charge is 2.37. The molecule has 0 spiro atoms. The molecule has 10 aromatic carbocycles. The zero-order valence-electron chi connectivity index (χ0n) is 35.4. The maximum atomic E-state index is 6.40. The van der Waals surface area contributed by atoms with Crippen LogP contribution in [0.2, 0.25) is 0 Å². The van der Waals surface area contributed by atoms with E-state index < -0.39 is 0 Å². The Morgan fingerprint density at radius 2 is 0.938 bits per heavy atom. The van der Waals surface area contributed by atoms with Crippen molar-refractivity contribution in [1.82, 2.24) is 9.97 Å². The van der Waals surface area contributed by atoms with Gasteiger partial charge in [0, 0.05) is 32.9 Å². The van der Waals surface area contributed by atoms with Gasteiger partial charge in [-0.05, 0) is 119 Å².